The third kappa shape index (κ3) is 4.02. The van der Waals surface area contributed by atoms with Crippen molar-refractivity contribution in [1.82, 2.24) is 15.3 Å². The number of thiocarbonyl (C=S) groups is 1. The molecule has 270 valence electrons. The standard InChI is InChI=1S/C45H35N5O4S/c1-3-31-25-43(38(51)32-18-10-11-19-33(32)39(43)52)50-42(55)46-44(35-24-28(2)22-23-37(35)47(40(44)53)26-29-14-6-4-7-15-29)45(49(31)50)34-20-12-13-21-36(34)48(41(45)54)27-30-16-8-5-9-17-30/h3-24,31H,1,25-27H2,2H3,(H,46,55)/t31-,44-,45-/m0/s1. The quantitative estimate of drug-likeness (QED) is 0.126. The molecule has 10 rings (SSSR count). The van der Waals surface area contributed by atoms with Gasteiger partial charge in [0.05, 0.1) is 24.8 Å². The molecule has 5 aliphatic rings. The number of nitrogens with zero attached hydrogens (tertiary/aromatic N) is 4. The summed E-state index contributed by atoms with van der Waals surface area (Å²) in [7, 11) is 0. The number of carbonyl (C=O) groups excluding carboxylic acids is 4. The molecule has 9 nitrogen and oxygen atoms in total. The van der Waals surface area contributed by atoms with Gasteiger partial charge in [0, 0.05) is 34.4 Å². The second-order valence-corrected chi connectivity index (χ2v) is 15.3. The molecule has 0 bridgehead atoms. The number of hydrogen-bond donors (Lipinski definition) is 1. The molecule has 4 aliphatic heterocycles. The fraction of sp³-hybridized carbons (Fsp3) is 0.178. The molecule has 0 saturated carbocycles. The molecule has 4 heterocycles. The summed E-state index contributed by atoms with van der Waals surface area (Å²) in [4.78, 5) is 65.4. The molecule has 0 unspecified atom stereocenters. The molecule has 2 fully saturated rings. The highest BCUT2D eigenvalue weighted by atomic mass is 32.1. The normalized spacial score (nSPS) is 24.5. The van der Waals surface area contributed by atoms with E-state index in [0.29, 0.717) is 33.6 Å². The summed E-state index contributed by atoms with van der Waals surface area (Å²) in [5, 5.41) is 6.82. The Morgan fingerprint density at radius 2 is 1.25 bits per heavy atom. The number of hydrazine groups is 1. The summed E-state index contributed by atoms with van der Waals surface area (Å²) in [5.41, 5.74) is 0.0942. The first-order chi connectivity index (χ1) is 26.7. The molecule has 10 heteroatoms. The van der Waals surface area contributed by atoms with Gasteiger partial charge in [0.2, 0.25) is 0 Å². The predicted octanol–water partition coefficient (Wildman–Crippen LogP) is 6.36. The van der Waals surface area contributed by atoms with E-state index in [0.717, 1.165) is 16.7 Å². The Bertz CT molecular complexity index is 2510. The van der Waals surface area contributed by atoms with Crippen LogP contribution in [0, 0.1) is 6.92 Å². The molecular formula is C45H35N5O4S. The highest BCUT2D eigenvalue weighted by molar-refractivity contribution is 7.80. The number of amides is 2. The average molecular weight is 742 g/mol. The summed E-state index contributed by atoms with van der Waals surface area (Å²) >= 11 is 6.29. The molecule has 5 aromatic rings. The molecular weight excluding hydrogens is 707 g/mol. The maximum atomic E-state index is 16.3. The highest BCUT2D eigenvalue weighted by Crippen LogP contribution is 2.64. The second-order valence-electron chi connectivity index (χ2n) is 14.9. The number of hydrogen-bond acceptors (Lipinski definition) is 6. The van der Waals surface area contributed by atoms with E-state index in [-0.39, 0.29) is 36.4 Å². The van der Waals surface area contributed by atoms with Gasteiger partial charge in [-0.2, -0.15) is 5.01 Å². The third-order valence-corrected chi connectivity index (χ3v) is 12.4. The van der Waals surface area contributed by atoms with Crippen molar-refractivity contribution in [2.24, 2.45) is 0 Å². The summed E-state index contributed by atoms with van der Waals surface area (Å²) < 4.78 is 0. The smallest absolute Gasteiger partial charge is 0.260 e. The van der Waals surface area contributed by atoms with Crippen LogP contribution >= 0.6 is 12.2 Å². The largest absolute Gasteiger partial charge is 0.341 e. The number of carbonyl (C=O) groups is 4. The number of anilines is 2. The van der Waals surface area contributed by atoms with Crippen molar-refractivity contribution < 1.29 is 19.2 Å². The summed E-state index contributed by atoms with van der Waals surface area (Å²) in [5.74, 6) is -1.58. The molecule has 55 heavy (non-hydrogen) atoms. The van der Waals surface area contributed by atoms with E-state index < -0.39 is 34.2 Å². The van der Waals surface area contributed by atoms with Gasteiger partial charge in [0.25, 0.3) is 11.8 Å². The molecule has 1 N–H and O–H groups in total. The molecule has 0 radical (unpaired) electrons. The Hall–Kier alpha value is -6.23. The number of ketones is 2. The van der Waals surface area contributed by atoms with E-state index in [2.05, 4.69) is 11.9 Å². The zero-order valence-electron chi connectivity index (χ0n) is 29.9. The van der Waals surface area contributed by atoms with Crippen LogP contribution in [0.15, 0.2) is 140 Å². The zero-order chi connectivity index (χ0) is 37.9. The van der Waals surface area contributed by atoms with Crippen molar-refractivity contribution in [3.63, 3.8) is 0 Å². The van der Waals surface area contributed by atoms with Crippen LogP contribution in [0.1, 0.15) is 55.0 Å². The summed E-state index contributed by atoms with van der Waals surface area (Å²) in [6.45, 7) is 6.62. The van der Waals surface area contributed by atoms with Gasteiger partial charge in [0.15, 0.2) is 33.3 Å². The lowest BCUT2D eigenvalue weighted by molar-refractivity contribution is -0.170. The van der Waals surface area contributed by atoms with Gasteiger partial charge in [-0.25, -0.2) is 0 Å². The number of fused-ring (bicyclic) bond motifs is 9. The van der Waals surface area contributed by atoms with E-state index >= 15 is 9.59 Å². The molecule has 3 spiro atoms. The number of rotatable bonds is 5. The topological polar surface area (TPSA) is 93.3 Å². The number of aryl methyl sites for hydroxylation is 1. The van der Waals surface area contributed by atoms with Crippen molar-refractivity contribution >= 4 is 52.1 Å². The minimum absolute atomic E-state index is 0.00126. The lowest BCUT2D eigenvalue weighted by Crippen LogP contribution is -2.83. The Morgan fingerprint density at radius 3 is 1.87 bits per heavy atom. The number of Topliss-reactive ketones (excluding diaryl/α,β-unsaturated/α-hetero) is 2. The maximum Gasteiger partial charge on any atom is 0.260 e. The fourth-order valence-corrected chi connectivity index (χ4v) is 10.3. The number of nitrogens with one attached hydrogen (secondary N) is 1. The van der Waals surface area contributed by atoms with Crippen LogP contribution in [-0.2, 0) is 33.8 Å². The van der Waals surface area contributed by atoms with Crippen LogP contribution in [-0.4, -0.2) is 50.1 Å². The minimum atomic E-state index is -1.90. The van der Waals surface area contributed by atoms with E-state index in [1.165, 1.54) is 5.01 Å². The Morgan fingerprint density at radius 1 is 0.709 bits per heavy atom. The SMILES string of the molecule is C=C[C@H]1CC2(C(=O)c3ccccc3C2=O)N2C(=S)N[C@@]3(C(=O)N(Cc4ccccc4)c4ccc(C)cc43)[C@]3(C(=O)N(Cc4ccccc4)c4ccccc43)N12. The van der Waals surface area contributed by atoms with Crippen LogP contribution < -0.4 is 15.1 Å². The molecule has 2 saturated heterocycles. The third-order valence-electron chi connectivity index (χ3n) is 12.1. The van der Waals surface area contributed by atoms with E-state index in [1.54, 1.807) is 45.2 Å². The van der Waals surface area contributed by atoms with Crippen molar-refractivity contribution in [3.05, 3.63) is 179 Å². The van der Waals surface area contributed by atoms with Gasteiger partial charge in [-0.15, -0.1) is 6.58 Å². The van der Waals surface area contributed by atoms with E-state index in [4.69, 9.17) is 12.2 Å². The monoisotopic (exact) mass is 741 g/mol. The molecule has 5 aromatic carbocycles. The predicted molar refractivity (Wildman–Crippen MR) is 212 cm³/mol. The lowest BCUT2D eigenvalue weighted by Gasteiger charge is -2.59. The lowest BCUT2D eigenvalue weighted by atomic mass is 9.67. The number of para-hydroxylation sites is 1. The van der Waals surface area contributed by atoms with Gasteiger partial charge in [-0.1, -0.05) is 127 Å². The Balaban J connectivity index is 1.28. The van der Waals surface area contributed by atoms with Gasteiger partial charge in [0.1, 0.15) is 0 Å². The minimum Gasteiger partial charge on any atom is -0.341 e. The van der Waals surface area contributed by atoms with E-state index in [9.17, 15) is 9.59 Å². The van der Waals surface area contributed by atoms with Crippen LogP contribution in [0.25, 0.3) is 0 Å². The average Bonchev–Trinajstić information content (AvgIpc) is 3.83. The van der Waals surface area contributed by atoms with Crippen molar-refractivity contribution in [2.45, 2.75) is 49.1 Å². The first kappa shape index (κ1) is 33.3. The van der Waals surface area contributed by atoms with Gasteiger partial charge >= 0.3 is 0 Å². The summed E-state index contributed by atoms with van der Waals surface area (Å²) in [6.07, 6.45) is 1.64. The second kappa shape index (κ2) is 11.6. The van der Waals surface area contributed by atoms with Crippen molar-refractivity contribution in [1.29, 1.82) is 0 Å². The summed E-state index contributed by atoms with van der Waals surface area (Å²) in [6, 6.07) is 38.8. The first-order valence-corrected chi connectivity index (χ1v) is 18.8. The van der Waals surface area contributed by atoms with Crippen molar-refractivity contribution in [3.8, 4) is 0 Å². The van der Waals surface area contributed by atoms with Crippen LogP contribution in [0.3, 0.4) is 0 Å². The first-order valence-electron chi connectivity index (χ1n) is 18.4. The molecule has 1 aliphatic carbocycles. The maximum absolute atomic E-state index is 16.3. The van der Waals surface area contributed by atoms with Crippen LogP contribution in [0.5, 0.6) is 0 Å². The van der Waals surface area contributed by atoms with Crippen LogP contribution in [0.2, 0.25) is 0 Å². The Labute approximate surface area is 323 Å². The fourth-order valence-electron chi connectivity index (χ4n) is 9.89. The molecule has 0 aromatic heterocycles. The van der Waals surface area contributed by atoms with Crippen LogP contribution in [0.4, 0.5) is 11.4 Å². The van der Waals surface area contributed by atoms with Crippen molar-refractivity contribution in [2.75, 3.05) is 9.80 Å². The molecule has 3 atom stereocenters. The molecule has 2 amide bonds. The number of benzene rings is 5. The van der Waals surface area contributed by atoms with Gasteiger partial charge in [-0.3, -0.25) is 24.2 Å². The zero-order valence-corrected chi connectivity index (χ0v) is 30.8. The van der Waals surface area contributed by atoms with Gasteiger partial charge in [-0.05, 0) is 42.4 Å². The van der Waals surface area contributed by atoms with Gasteiger partial charge < -0.3 is 15.1 Å². The van der Waals surface area contributed by atoms with E-state index in [1.807, 2.05) is 110 Å². The highest BCUT2D eigenvalue weighted by Gasteiger charge is 2.82. The Kier molecular flexibility index (Phi) is 7.05.